The Kier molecular flexibility index (Phi) is 3.55. The summed E-state index contributed by atoms with van der Waals surface area (Å²) < 4.78 is 25.0. The van der Waals surface area contributed by atoms with Gasteiger partial charge in [-0.2, -0.15) is 0 Å². The summed E-state index contributed by atoms with van der Waals surface area (Å²) in [6.45, 7) is 5.85. The first-order valence-corrected chi connectivity index (χ1v) is 6.90. The minimum absolute atomic E-state index is 0.346. The fourth-order valence-electron chi connectivity index (χ4n) is 2.03. The maximum Gasteiger partial charge on any atom is 0.209 e. The largest absolute Gasteiger partial charge is 0.316 e. The molecule has 0 aromatic heterocycles. The summed E-state index contributed by atoms with van der Waals surface area (Å²) in [5.41, 5.74) is -0.346. The van der Waals surface area contributed by atoms with Crippen LogP contribution in [0.1, 0.15) is 26.7 Å². The van der Waals surface area contributed by atoms with E-state index in [0.717, 1.165) is 25.9 Å². The van der Waals surface area contributed by atoms with E-state index in [1.165, 1.54) is 6.26 Å². The van der Waals surface area contributed by atoms with Crippen molar-refractivity contribution in [3.05, 3.63) is 0 Å². The van der Waals surface area contributed by atoms with Crippen LogP contribution in [0.2, 0.25) is 0 Å². The van der Waals surface area contributed by atoms with Crippen LogP contribution in [-0.2, 0) is 10.0 Å². The monoisotopic (exact) mass is 220 g/mol. The van der Waals surface area contributed by atoms with Gasteiger partial charge in [0.25, 0.3) is 0 Å². The second-order valence-electron chi connectivity index (χ2n) is 4.64. The second kappa shape index (κ2) is 4.16. The van der Waals surface area contributed by atoms with Crippen LogP contribution in [0, 0.1) is 5.92 Å². The van der Waals surface area contributed by atoms with E-state index in [1.54, 1.807) is 0 Å². The molecule has 1 saturated heterocycles. The van der Waals surface area contributed by atoms with Gasteiger partial charge in [-0.1, -0.05) is 0 Å². The van der Waals surface area contributed by atoms with Gasteiger partial charge in [0.2, 0.25) is 10.0 Å². The molecule has 0 spiro atoms. The molecule has 2 N–H and O–H groups in total. The first kappa shape index (κ1) is 11.9. The number of rotatable bonds is 3. The van der Waals surface area contributed by atoms with Gasteiger partial charge in [-0.15, -0.1) is 0 Å². The van der Waals surface area contributed by atoms with E-state index in [-0.39, 0.29) is 5.54 Å². The number of hydrogen-bond acceptors (Lipinski definition) is 3. The summed E-state index contributed by atoms with van der Waals surface area (Å²) >= 11 is 0. The lowest BCUT2D eigenvalue weighted by atomic mass is 9.83. The van der Waals surface area contributed by atoms with Gasteiger partial charge in [-0.3, -0.25) is 0 Å². The van der Waals surface area contributed by atoms with Crippen molar-refractivity contribution in [3.63, 3.8) is 0 Å². The van der Waals surface area contributed by atoms with Crippen molar-refractivity contribution in [2.24, 2.45) is 5.92 Å². The molecule has 1 aliphatic rings. The fourth-order valence-corrected chi connectivity index (χ4v) is 3.15. The summed E-state index contributed by atoms with van der Waals surface area (Å²) in [6, 6.07) is 0. The van der Waals surface area contributed by atoms with Crippen molar-refractivity contribution >= 4 is 10.0 Å². The molecule has 1 aliphatic heterocycles. The molecular weight excluding hydrogens is 200 g/mol. The van der Waals surface area contributed by atoms with Crippen LogP contribution in [-0.4, -0.2) is 33.3 Å². The number of hydrogen-bond donors (Lipinski definition) is 2. The first-order valence-electron chi connectivity index (χ1n) is 5.01. The Balaban J connectivity index is 2.63. The van der Waals surface area contributed by atoms with Crippen LogP contribution in [0.25, 0.3) is 0 Å². The number of sulfonamides is 1. The molecule has 5 heteroatoms. The molecule has 84 valence electrons. The summed E-state index contributed by atoms with van der Waals surface area (Å²) in [4.78, 5) is 0. The highest BCUT2D eigenvalue weighted by Crippen LogP contribution is 2.23. The van der Waals surface area contributed by atoms with Crippen molar-refractivity contribution in [2.75, 3.05) is 19.3 Å². The molecule has 0 saturated carbocycles. The Morgan fingerprint density at radius 3 is 2.50 bits per heavy atom. The van der Waals surface area contributed by atoms with E-state index in [2.05, 4.69) is 10.0 Å². The predicted octanol–water partition coefficient (Wildman–Crippen LogP) is 0.314. The van der Waals surface area contributed by atoms with Gasteiger partial charge in [0, 0.05) is 5.54 Å². The summed E-state index contributed by atoms with van der Waals surface area (Å²) in [5, 5.41) is 3.29. The Labute approximate surface area is 86.5 Å². The van der Waals surface area contributed by atoms with Gasteiger partial charge in [-0.05, 0) is 45.7 Å². The van der Waals surface area contributed by atoms with Crippen LogP contribution in [0.3, 0.4) is 0 Å². The maximum absolute atomic E-state index is 11.2. The Morgan fingerprint density at radius 2 is 2.07 bits per heavy atom. The second-order valence-corrected chi connectivity index (χ2v) is 6.39. The summed E-state index contributed by atoms with van der Waals surface area (Å²) in [6.07, 6.45) is 3.42. The van der Waals surface area contributed by atoms with Crippen LogP contribution in [0.4, 0.5) is 0 Å². The topological polar surface area (TPSA) is 58.2 Å². The standard InChI is InChI=1S/C9H20N2O2S/c1-9(2,11-14(3,12)13)8-5-4-6-10-7-8/h8,10-11H,4-7H2,1-3H3. The molecule has 14 heavy (non-hydrogen) atoms. The van der Waals surface area contributed by atoms with Crippen LogP contribution < -0.4 is 10.0 Å². The Bertz CT molecular complexity index is 279. The lowest BCUT2D eigenvalue weighted by Gasteiger charge is -2.37. The SMILES string of the molecule is CC(C)(NS(C)(=O)=O)C1CCCNC1. The third-order valence-corrected chi connectivity index (χ3v) is 3.66. The van der Waals surface area contributed by atoms with Crippen molar-refractivity contribution in [2.45, 2.75) is 32.2 Å². The molecule has 0 aromatic rings. The van der Waals surface area contributed by atoms with Gasteiger partial charge in [-0.25, -0.2) is 13.1 Å². The number of nitrogens with one attached hydrogen (secondary N) is 2. The van der Waals surface area contributed by atoms with Gasteiger partial charge >= 0.3 is 0 Å². The van der Waals surface area contributed by atoms with Crippen molar-refractivity contribution < 1.29 is 8.42 Å². The molecule has 0 radical (unpaired) electrons. The van der Waals surface area contributed by atoms with Gasteiger partial charge in [0.15, 0.2) is 0 Å². The first-order chi connectivity index (χ1) is 6.31. The quantitative estimate of drug-likeness (QED) is 0.720. The highest BCUT2D eigenvalue weighted by atomic mass is 32.2. The average Bonchev–Trinajstić information content (AvgIpc) is 2.01. The maximum atomic E-state index is 11.2. The van der Waals surface area contributed by atoms with Crippen LogP contribution >= 0.6 is 0 Å². The van der Waals surface area contributed by atoms with Gasteiger partial charge in [0.1, 0.15) is 0 Å². The predicted molar refractivity (Wildman–Crippen MR) is 57.7 cm³/mol. The molecule has 0 aromatic carbocycles. The van der Waals surface area contributed by atoms with Gasteiger partial charge < -0.3 is 5.32 Å². The molecule has 1 atom stereocenters. The highest BCUT2D eigenvalue weighted by molar-refractivity contribution is 7.88. The van der Waals surface area contributed by atoms with E-state index in [9.17, 15) is 8.42 Å². The Morgan fingerprint density at radius 1 is 1.43 bits per heavy atom. The van der Waals surface area contributed by atoms with E-state index in [1.807, 2.05) is 13.8 Å². The van der Waals surface area contributed by atoms with E-state index < -0.39 is 10.0 Å². The summed E-state index contributed by atoms with van der Waals surface area (Å²) in [7, 11) is -3.11. The third-order valence-electron chi connectivity index (χ3n) is 2.77. The molecular formula is C9H20N2O2S. The molecule has 1 fully saturated rings. The van der Waals surface area contributed by atoms with E-state index >= 15 is 0 Å². The minimum atomic E-state index is -3.11. The number of piperidine rings is 1. The smallest absolute Gasteiger partial charge is 0.209 e. The fraction of sp³-hybridized carbons (Fsp3) is 1.00. The van der Waals surface area contributed by atoms with Crippen LogP contribution in [0.15, 0.2) is 0 Å². The van der Waals surface area contributed by atoms with Crippen molar-refractivity contribution in [1.82, 2.24) is 10.0 Å². The lowest BCUT2D eigenvalue weighted by Crippen LogP contribution is -2.53. The van der Waals surface area contributed by atoms with Crippen molar-refractivity contribution in [3.8, 4) is 0 Å². The molecule has 1 rings (SSSR count). The zero-order chi connectivity index (χ0) is 10.8. The molecule has 1 heterocycles. The minimum Gasteiger partial charge on any atom is -0.316 e. The summed E-state index contributed by atoms with van der Waals surface area (Å²) in [5.74, 6) is 0.381. The molecule has 0 amide bonds. The Hall–Kier alpha value is -0.130. The third kappa shape index (κ3) is 3.55. The zero-order valence-electron chi connectivity index (χ0n) is 9.13. The molecule has 1 unspecified atom stereocenters. The molecule has 0 aliphatic carbocycles. The normalized spacial score (nSPS) is 24.9. The van der Waals surface area contributed by atoms with E-state index in [0.29, 0.717) is 5.92 Å². The molecule has 0 bridgehead atoms. The van der Waals surface area contributed by atoms with E-state index in [4.69, 9.17) is 0 Å². The highest BCUT2D eigenvalue weighted by Gasteiger charge is 2.32. The van der Waals surface area contributed by atoms with Crippen molar-refractivity contribution in [1.29, 1.82) is 0 Å². The zero-order valence-corrected chi connectivity index (χ0v) is 9.95. The van der Waals surface area contributed by atoms with Gasteiger partial charge in [0.05, 0.1) is 6.26 Å². The molecule has 4 nitrogen and oxygen atoms in total. The average molecular weight is 220 g/mol. The van der Waals surface area contributed by atoms with Crippen LogP contribution in [0.5, 0.6) is 0 Å². The lowest BCUT2D eigenvalue weighted by molar-refractivity contribution is 0.236.